The van der Waals surface area contributed by atoms with E-state index in [1.54, 1.807) is 24.5 Å². The van der Waals surface area contributed by atoms with Crippen LogP contribution in [-0.4, -0.2) is 56.9 Å². The summed E-state index contributed by atoms with van der Waals surface area (Å²) in [5.41, 5.74) is 0.829. The van der Waals surface area contributed by atoms with Crippen LogP contribution in [0.1, 0.15) is 30.3 Å². The Labute approximate surface area is 205 Å². The van der Waals surface area contributed by atoms with Crippen LogP contribution in [0.5, 0.6) is 5.75 Å². The van der Waals surface area contributed by atoms with E-state index in [9.17, 15) is 4.39 Å². The third-order valence-electron chi connectivity index (χ3n) is 5.03. The van der Waals surface area contributed by atoms with E-state index in [4.69, 9.17) is 9.47 Å². The average molecular weight is 562 g/mol. The fourth-order valence-corrected chi connectivity index (χ4v) is 4.41. The number of hydrogen-bond donors (Lipinski definition) is 2. The van der Waals surface area contributed by atoms with Gasteiger partial charge in [0.05, 0.1) is 25.4 Å². The molecule has 31 heavy (non-hydrogen) atoms. The Morgan fingerprint density at radius 3 is 2.87 bits per heavy atom. The number of aliphatic imine (C=N–C) groups is 1. The first kappa shape index (κ1) is 25.8. The van der Waals surface area contributed by atoms with Gasteiger partial charge in [-0.25, -0.2) is 4.39 Å². The molecule has 1 aliphatic rings. The highest BCUT2D eigenvalue weighted by Gasteiger charge is 2.26. The minimum absolute atomic E-state index is 0. The third-order valence-corrected chi connectivity index (χ3v) is 6.00. The van der Waals surface area contributed by atoms with Gasteiger partial charge in [-0.2, -0.15) is 0 Å². The molecule has 0 spiro atoms. The standard InChI is InChI=1S/C22H31FN4O2S.HI/c1-4-28-20-8-7-17(12-18(20)23)13-25-22(24-3)26-14-19(21-6-5-11-30-21)27-9-10-29-16(2)15-27;/h5-8,11-12,16,19H,4,9-10,13-15H2,1-3H3,(H2,24,25,26);1H. The number of benzene rings is 1. The van der Waals surface area contributed by atoms with Gasteiger partial charge in [-0.05, 0) is 43.0 Å². The minimum Gasteiger partial charge on any atom is -0.491 e. The van der Waals surface area contributed by atoms with Gasteiger partial charge in [-0.3, -0.25) is 9.89 Å². The Hall–Kier alpha value is -1.43. The summed E-state index contributed by atoms with van der Waals surface area (Å²) >= 11 is 1.77. The van der Waals surface area contributed by atoms with E-state index in [-0.39, 0.29) is 47.7 Å². The molecule has 1 saturated heterocycles. The first-order chi connectivity index (χ1) is 14.6. The molecule has 0 amide bonds. The van der Waals surface area contributed by atoms with E-state index in [1.165, 1.54) is 10.9 Å². The molecule has 0 radical (unpaired) electrons. The molecule has 172 valence electrons. The van der Waals surface area contributed by atoms with Crippen LogP contribution in [-0.2, 0) is 11.3 Å². The van der Waals surface area contributed by atoms with Crippen LogP contribution in [0.25, 0.3) is 0 Å². The number of thiophene rings is 1. The van der Waals surface area contributed by atoms with E-state index in [2.05, 4.69) is 45.0 Å². The normalized spacial score (nSPS) is 18.2. The Morgan fingerprint density at radius 2 is 2.23 bits per heavy atom. The molecule has 2 N–H and O–H groups in total. The van der Waals surface area contributed by atoms with Crippen molar-refractivity contribution in [2.75, 3.05) is 39.9 Å². The fourth-order valence-electron chi connectivity index (χ4n) is 3.55. The number of hydrogen-bond acceptors (Lipinski definition) is 5. The van der Waals surface area contributed by atoms with Gasteiger partial charge in [-0.15, -0.1) is 35.3 Å². The third kappa shape index (κ3) is 7.58. The molecule has 2 atom stereocenters. The lowest BCUT2D eigenvalue weighted by Crippen LogP contribution is -2.47. The van der Waals surface area contributed by atoms with Crippen molar-refractivity contribution in [2.45, 2.75) is 32.5 Å². The Kier molecular flexibility index (Phi) is 11.0. The number of nitrogens with one attached hydrogen (secondary N) is 2. The van der Waals surface area contributed by atoms with Crippen LogP contribution in [0.15, 0.2) is 40.7 Å². The Balaban J connectivity index is 0.00000341. The molecule has 1 aliphatic heterocycles. The molecular weight excluding hydrogens is 530 g/mol. The molecule has 9 heteroatoms. The van der Waals surface area contributed by atoms with E-state index >= 15 is 0 Å². The summed E-state index contributed by atoms with van der Waals surface area (Å²) in [6.07, 6.45) is 0.230. The second kappa shape index (κ2) is 13.2. The SMILES string of the molecule is CCOc1ccc(CNC(=NC)NCC(c2cccs2)N2CCOC(C)C2)cc1F.I. The van der Waals surface area contributed by atoms with E-state index in [0.717, 1.165) is 31.8 Å². The van der Waals surface area contributed by atoms with Crippen molar-refractivity contribution in [3.63, 3.8) is 0 Å². The summed E-state index contributed by atoms with van der Waals surface area (Å²) < 4.78 is 25.0. The van der Waals surface area contributed by atoms with Gasteiger partial charge in [0.25, 0.3) is 0 Å². The lowest BCUT2D eigenvalue weighted by Gasteiger charge is -2.37. The van der Waals surface area contributed by atoms with Crippen LogP contribution in [0, 0.1) is 5.82 Å². The zero-order chi connectivity index (χ0) is 21.3. The summed E-state index contributed by atoms with van der Waals surface area (Å²) in [6.45, 7) is 8.16. The number of morpholine rings is 1. The highest BCUT2D eigenvalue weighted by atomic mass is 127. The summed E-state index contributed by atoms with van der Waals surface area (Å²) in [7, 11) is 1.74. The largest absolute Gasteiger partial charge is 0.491 e. The van der Waals surface area contributed by atoms with Crippen LogP contribution in [0.4, 0.5) is 4.39 Å². The van der Waals surface area contributed by atoms with Crippen molar-refractivity contribution in [2.24, 2.45) is 4.99 Å². The Bertz CT molecular complexity index is 822. The smallest absolute Gasteiger partial charge is 0.191 e. The molecule has 1 fully saturated rings. The monoisotopic (exact) mass is 562 g/mol. The lowest BCUT2D eigenvalue weighted by molar-refractivity contribution is -0.0334. The second-order valence-electron chi connectivity index (χ2n) is 7.21. The maximum absolute atomic E-state index is 14.1. The van der Waals surface area contributed by atoms with Crippen molar-refractivity contribution in [1.29, 1.82) is 0 Å². The van der Waals surface area contributed by atoms with Gasteiger partial charge in [-0.1, -0.05) is 12.1 Å². The van der Waals surface area contributed by atoms with Crippen molar-refractivity contribution >= 4 is 41.3 Å². The first-order valence-corrected chi connectivity index (χ1v) is 11.2. The van der Waals surface area contributed by atoms with Crippen LogP contribution in [0.3, 0.4) is 0 Å². The van der Waals surface area contributed by atoms with Crippen molar-refractivity contribution in [1.82, 2.24) is 15.5 Å². The summed E-state index contributed by atoms with van der Waals surface area (Å²) in [5.74, 6) is 0.618. The van der Waals surface area contributed by atoms with Crippen molar-refractivity contribution in [3.8, 4) is 5.75 Å². The number of nitrogens with zero attached hydrogens (tertiary/aromatic N) is 2. The van der Waals surface area contributed by atoms with Gasteiger partial charge in [0, 0.05) is 38.1 Å². The van der Waals surface area contributed by atoms with E-state index in [0.29, 0.717) is 19.1 Å². The number of halogens is 2. The maximum atomic E-state index is 14.1. The molecule has 0 saturated carbocycles. The van der Waals surface area contributed by atoms with Crippen LogP contribution >= 0.6 is 35.3 Å². The predicted molar refractivity (Wildman–Crippen MR) is 135 cm³/mol. The number of rotatable bonds is 8. The topological polar surface area (TPSA) is 58.1 Å². The highest BCUT2D eigenvalue weighted by molar-refractivity contribution is 14.0. The Morgan fingerprint density at radius 1 is 1.39 bits per heavy atom. The molecule has 2 aromatic rings. The maximum Gasteiger partial charge on any atom is 0.191 e. The summed E-state index contributed by atoms with van der Waals surface area (Å²) in [6, 6.07) is 9.53. The van der Waals surface area contributed by atoms with Gasteiger partial charge in [0.1, 0.15) is 0 Å². The zero-order valence-electron chi connectivity index (χ0n) is 18.3. The zero-order valence-corrected chi connectivity index (χ0v) is 21.4. The molecule has 1 aromatic heterocycles. The highest BCUT2D eigenvalue weighted by Crippen LogP contribution is 2.26. The van der Waals surface area contributed by atoms with Crippen molar-refractivity contribution < 1.29 is 13.9 Å². The van der Waals surface area contributed by atoms with Gasteiger partial charge >= 0.3 is 0 Å². The predicted octanol–water partition coefficient (Wildman–Crippen LogP) is 4.03. The molecular formula is C22H32FIN4O2S. The minimum atomic E-state index is -0.349. The summed E-state index contributed by atoms with van der Waals surface area (Å²) in [4.78, 5) is 8.10. The molecule has 6 nitrogen and oxygen atoms in total. The van der Waals surface area contributed by atoms with Crippen LogP contribution < -0.4 is 15.4 Å². The molecule has 0 aliphatic carbocycles. The molecule has 0 bridgehead atoms. The quantitative estimate of drug-likeness (QED) is 0.289. The number of guanidine groups is 1. The molecule has 2 unspecified atom stereocenters. The molecule has 3 rings (SSSR count). The molecule has 2 heterocycles. The number of ether oxygens (including phenoxy) is 2. The van der Waals surface area contributed by atoms with Crippen LogP contribution in [0.2, 0.25) is 0 Å². The lowest BCUT2D eigenvalue weighted by atomic mass is 10.1. The van der Waals surface area contributed by atoms with E-state index < -0.39 is 0 Å². The van der Waals surface area contributed by atoms with E-state index in [1.807, 2.05) is 13.0 Å². The average Bonchev–Trinajstić information content (AvgIpc) is 3.27. The first-order valence-electron chi connectivity index (χ1n) is 10.4. The van der Waals surface area contributed by atoms with Crippen molar-refractivity contribution in [3.05, 3.63) is 52.0 Å². The van der Waals surface area contributed by atoms with Gasteiger partial charge < -0.3 is 20.1 Å². The van der Waals surface area contributed by atoms with Gasteiger partial charge in [0.15, 0.2) is 17.5 Å². The second-order valence-corrected chi connectivity index (χ2v) is 8.19. The molecule has 1 aromatic carbocycles. The van der Waals surface area contributed by atoms with Gasteiger partial charge in [0.2, 0.25) is 0 Å². The summed E-state index contributed by atoms with van der Waals surface area (Å²) in [5, 5.41) is 8.81. The fraction of sp³-hybridized carbons (Fsp3) is 0.500.